The van der Waals surface area contributed by atoms with Crippen molar-refractivity contribution in [1.82, 2.24) is 0 Å². The van der Waals surface area contributed by atoms with Crippen LogP contribution in [0.1, 0.15) is 11.1 Å². The van der Waals surface area contributed by atoms with Gasteiger partial charge < -0.3 is 14.6 Å². The Morgan fingerprint density at radius 1 is 1.36 bits per heavy atom. The number of rotatable bonds is 7. The zero-order chi connectivity index (χ0) is 16.9. The molecular formula is C12H12F3NO6. The van der Waals surface area contributed by atoms with Crippen LogP contribution < -0.4 is 4.74 Å². The second-order valence-corrected chi connectivity index (χ2v) is 4.14. The maximum atomic E-state index is 12.9. The van der Waals surface area contributed by atoms with Gasteiger partial charge in [-0.05, 0) is 6.07 Å². The third kappa shape index (κ3) is 4.58. The number of alkyl halides is 3. The van der Waals surface area contributed by atoms with Gasteiger partial charge in [0.1, 0.15) is 17.9 Å². The van der Waals surface area contributed by atoms with Crippen molar-refractivity contribution in [2.75, 3.05) is 20.3 Å². The van der Waals surface area contributed by atoms with Crippen molar-refractivity contribution in [2.24, 2.45) is 0 Å². The zero-order valence-electron chi connectivity index (χ0n) is 11.3. The minimum absolute atomic E-state index is 0.0604. The summed E-state index contributed by atoms with van der Waals surface area (Å²) in [4.78, 5) is 20.3. The summed E-state index contributed by atoms with van der Waals surface area (Å²) in [7, 11) is 1.35. The second kappa shape index (κ2) is 7.07. The van der Waals surface area contributed by atoms with E-state index in [2.05, 4.69) is 4.74 Å². The summed E-state index contributed by atoms with van der Waals surface area (Å²) in [5.41, 5.74) is -2.94. The molecule has 0 aliphatic heterocycles. The Morgan fingerprint density at radius 3 is 2.45 bits per heavy atom. The Hall–Kier alpha value is -2.36. The summed E-state index contributed by atoms with van der Waals surface area (Å²) >= 11 is 0. The molecule has 0 aromatic heterocycles. The fourth-order valence-electron chi connectivity index (χ4n) is 1.66. The summed E-state index contributed by atoms with van der Waals surface area (Å²) in [6, 6.07) is 1.01. The fraction of sp³-hybridized carbons (Fsp3) is 0.417. The molecule has 0 unspecified atom stereocenters. The van der Waals surface area contributed by atoms with Gasteiger partial charge in [-0.25, -0.2) is 0 Å². The zero-order valence-corrected chi connectivity index (χ0v) is 11.3. The number of nitro benzene ring substituents is 1. The molecule has 0 saturated carbocycles. The second-order valence-electron chi connectivity index (χ2n) is 4.14. The van der Waals surface area contributed by atoms with Crippen molar-refractivity contribution in [3.63, 3.8) is 0 Å². The van der Waals surface area contributed by atoms with Crippen molar-refractivity contribution in [2.45, 2.75) is 12.6 Å². The first-order valence-electron chi connectivity index (χ1n) is 5.88. The van der Waals surface area contributed by atoms with Crippen LogP contribution in [0.15, 0.2) is 12.1 Å². The lowest BCUT2D eigenvalue weighted by molar-refractivity contribution is -0.388. The molecule has 0 fully saturated rings. The molecule has 0 spiro atoms. The van der Waals surface area contributed by atoms with Crippen LogP contribution in [0.4, 0.5) is 18.9 Å². The number of carboxylic acid groups (broad SMARTS) is 1. The van der Waals surface area contributed by atoms with E-state index in [1.54, 1.807) is 0 Å². The molecule has 1 N–H and O–H groups in total. The first kappa shape index (κ1) is 17.7. The summed E-state index contributed by atoms with van der Waals surface area (Å²) < 4.78 is 48.3. The smallest absolute Gasteiger partial charge is 0.423 e. The Balaban J connectivity index is 3.37. The molecule has 0 heterocycles. The summed E-state index contributed by atoms with van der Waals surface area (Å²) in [5.74, 6) is -1.73. The van der Waals surface area contributed by atoms with Crippen molar-refractivity contribution in [3.05, 3.63) is 33.4 Å². The molecule has 0 radical (unpaired) electrons. The normalized spacial score (nSPS) is 11.3. The predicted molar refractivity (Wildman–Crippen MR) is 66.8 cm³/mol. The molecule has 1 aromatic carbocycles. The van der Waals surface area contributed by atoms with Crippen LogP contribution in [-0.4, -0.2) is 36.3 Å². The van der Waals surface area contributed by atoms with Gasteiger partial charge in [-0.15, -0.1) is 0 Å². The molecule has 7 nitrogen and oxygen atoms in total. The average Bonchev–Trinajstić information content (AvgIpc) is 2.38. The first-order chi connectivity index (χ1) is 10.2. The fourth-order valence-corrected chi connectivity index (χ4v) is 1.66. The van der Waals surface area contributed by atoms with E-state index in [0.717, 1.165) is 0 Å². The van der Waals surface area contributed by atoms with Crippen molar-refractivity contribution >= 4 is 11.7 Å². The third-order valence-corrected chi connectivity index (χ3v) is 2.57. The number of benzene rings is 1. The minimum Gasteiger partial charge on any atom is -0.491 e. The highest BCUT2D eigenvalue weighted by Crippen LogP contribution is 2.40. The summed E-state index contributed by atoms with van der Waals surface area (Å²) in [6.45, 7) is -0.0664. The monoisotopic (exact) mass is 323 g/mol. The van der Waals surface area contributed by atoms with Gasteiger partial charge in [0.15, 0.2) is 0 Å². The maximum absolute atomic E-state index is 12.9. The van der Waals surface area contributed by atoms with E-state index < -0.39 is 34.7 Å². The standard InChI is InChI=1S/C12H12F3NO6/c1-21-2-3-22-10-6-8(12(13,14)15)9(16(19)20)4-7(10)5-11(17)18/h4,6H,2-3,5H2,1H3,(H,17,18). The van der Waals surface area contributed by atoms with E-state index in [1.165, 1.54) is 7.11 Å². The molecule has 22 heavy (non-hydrogen) atoms. The molecule has 0 atom stereocenters. The van der Waals surface area contributed by atoms with Crippen LogP contribution in [0.2, 0.25) is 0 Å². The average molecular weight is 323 g/mol. The molecule has 122 valence electrons. The third-order valence-electron chi connectivity index (χ3n) is 2.57. The van der Waals surface area contributed by atoms with Gasteiger partial charge in [-0.3, -0.25) is 14.9 Å². The van der Waals surface area contributed by atoms with Gasteiger partial charge in [-0.1, -0.05) is 0 Å². The summed E-state index contributed by atoms with van der Waals surface area (Å²) in [6.07, 6.45) is -5.68. The number of halogens is 3. The van der Waals surface area contributed by atoms with Gasteiger partial charge in [0, 0.05) is 18.7 Å². The van der Waals surface area contributed by atoms with Crippen molar-refractivity contribution in [1.29, 1.82) is 0 Å². The van der Waals surface area contributed by atoms with E-state index in [0.29, 0.717) is 12.1 Å². The highest BCUT2D eigenvalue weighted by atomic mass is 19.4. The van der Waals surface area contributed by atoms with Crippen LogP contribution >= 0.6 is 0 Å². The van der Waals surface area contributed by atoms with Gasteiger partial charge in [-0.2, -0.15) is 13.2 Å². The Kier molecular flexibility index (Phi) is 5.69. The minimum atomic E-state index is -4.97. The lowest BCUT2D eigenvalue weighted by Crippen LogP contribution is -2.13. The Labute approximate surface area is 122 Å². The molecule has 10 heteroatoms. The predicted octanol–water partition coefficient (Wildman–Crippen LogP) is 2.27. The van der Waals surface area contributed by atoms with E-state index in [-0.39, 0.29) is 24.5 Å². The van der Waals surface area contributed by atoms with Crippen LogP contribution in [0, 0.1) is 10.1 Å². The number of carbonyl (C=O) groups is 1. The van der Waals surface area contributed by atoms with Gasteiger partial charge in [0.2, 0.25) is 0 Å². The van der Waals surface area contributed by atoms with Crippen LogP contribution in [-0.2, 0) is 22.1 Å². The number of ether oxygens (including phenoxy) is 2. The Bertz CT molecular complexity index is 573. The molecule has 1 aromatic rings. The molecule has 1 rings (SSSR count). The number of methoxy groups -OCH3 is 1. The first-order valence-corrected chi connectivity index (χ1v) is 5.88. The van der Waals surface area contributed by atoms with E-state index in [9.17, 15) is 28.1 Å². The maximum Gasteiger partial charge on any atom is 0.423 e. The van der Waals surface area contributed by atoms with Crippen LogP contribution in [0.25, 0.3) is 0 Å². The highest BCUT2D eigenvalue weighted by Gasteiger charge is 2.39. The van der Waals surface area contributed by atoms with E-state index in [1.807, 2.05) is 0 Å². The van der Waals surface area contributed by atoms with E-state index in [4.69, 9.17) is 9.84 Å². The van der Waals surface area contributed by atoms with Crippen LogP contribution in [0.5, 0.6) is 5.75 Å². The molecule has 0 amide bonds. The lowest BCUT2D eigenvalue weighted by Gasteiger charge is -2.14. The number of hydrogen-bond donors (Lipinski definition) is 1. The van der Waals surface area contributed by atoms with Gasteiger partial charge in [0.05, 0.1) is 18.0 Å². The SMILES string of the molecule is COCCOc1cc(C(F)(F)F)c([N+](=O)[O-])cc1CC(=O)O. The van der Waals surface area contributed by atoms with Crippen molar-refractivity contribution < 1.29 is 37.5 Å². The molecule has 0 bridgehead atoms. The quantitative estimate of drug-likeness (QED) is 0.469. The number of aliphatic carboxylic acids is 1. The largest absolute Gasteiger partial charge is 0.491 e. The van der Waals surface area contributed by atoms with Crippen LogP contribution in [0.3, 0.4) is 0 Å². The van der Waals surface area contributed by atoms with E-state index >= 15 is 0 Å². The number of nitrogens with zero attached hydrogens (tertiary/aromatic N) is 1. The molecular weight excluding hydrogens is 311 g/mol. The highest BCUT2D eigenvalue weighted by molar-refractivity contribution is 5.72. The molecule has 0 aliphatic rings. The van der Waals surface area contributed by atoms with Gasteiger partial charge >= 0.3 is 12.1 Å². The summed E-state index contributed by atoms with van der Waals surface area (Å²) in [5, 5.41) is 19.5. The Morgan fingerprint density at radius 2 is 2.00 bits per heavy atom. The van der Waals surface area contributed by atoms with Gasteiger partial charge in [0.25, 0.3) is 5.69 Å². The lowest BCUT2D eigenvalue weighted by atomic mass is 10.0. The molecule has 0 saturated heterocycles. The molecule has 0 aliphatic carbocycles. The number of nitro groups is 1. The topological polar surface area (TPSA) is 98.9 Å². The number of hydrogen-bond acceptors (Lipinski definition) is 5. The van der Waals surface area contributed by atoms with Crippen molar-refractivity contribution in [3.8, 4) is 5.75 Å². The number of carboxylic acids is 1.